The fourth-order valence-electron chi connectivity index (χ4n) is 2.46. The Morgan fingerprint density at radius 3 is 2.21 bits per heavy atom. The first-order chi connectivity index (χ1) is 9.20. The van der Waals surface area contributed by atoms with E-state index in [1.165, 1.54) is 70.6 Å². The molecule has 0 heterocycles. The largest absolute Gasteiger partial charge is 0.314 e. The first kappa shape index (κ1) is 17.4. The summed E-state index contributed by atoms with van der Waals surface area (Å²) in [7, 11) is 0. The summed E-state index contributed by atoms with van der Waals surface area (Å²) >= 11 is 1.75. The summed E-state index contributed by atoms with van der Waals surface area (Å²) in [6.07, 6.45) is 15.0. The molecule has 0 aromatic carbocycles. The minimum Gasteiger partial charge on any atom is -0.314 e. The molecule has 1 nitrogen and oxygen atoms in total. The van der Waals surface area contributed by atoms with E-state index in [2.05, 4.69) is 20.8 Å². The van der Waals surface area contributed by atoms with Crippen LogP contribution in [-0.4, -0.2) is 11.9 Å². The maximum atomic E-state index is 5.91. The van der Waals surface area contributed by atoms with Crippen LogP contribution in [-0.2, 0) is 4.18 Å². The van der Waals surface area contributed by atoms with E-state index in [1.807, 2.05) is 0 Å². The van der Waals surface area contributed by atoms with Gasteiger partial charge < -0.3 is 4.18 Å². The van der Waals surface area contributed by atoms with Crippen molar-refractivity contribution >= 4 is 12.0 Å². The quantitative estimate of drug-likeness (QED) is 0.287. The van der Waals surface area contributed by atoms with E-state index in [4.69, 9.17) is 4.18 Å². The highest BCUT2D eigenvalue weighted by molar-refractivity contribution is 7.95. The number of hydrogen-bond acceptors (Lipinski definition) is 2. The van der Waals surface area contributed by atoms with Crippen molar-refractivity contribution < 1.29 is 4.18 Å². The predicted molar refractivity (Wildman–Crippen MR) is 87.6 cm³/mol. The van der Waals surface area contributed by atoms with Gasteiger partial charge >= 0.3 is 0 Å². The predicted octanol–water partition coefficient (Wildman–Crippen LogP) is 6.37. The van der Waals surface area contributed by atoms with Gasteiger partial charge in [0.1, 0.15) is 0 Å². The van der Waals surface area contributed by atoms with Crippen LogP contribution in [0.15, 0.2) is 0 Å². The van der Waals surface area contributed by atoms with Crippen LogP contribution in [0.5, 0.6) is 0 Å². The maximum Gasteiger partial charge on any atom is 0.0667 e. The summed E-state index contributed by atoms with van der Waals surface area (Å²) in [5.74, 6) is 0. The van der Waals surface area contributed by atoms with E-state index in [1.54, 1.807) is 12.0 Å². The Labute approximate surface area is 125 Å². The van der Waals surface area contributed by atoms with Crippen molar-refractivity contribution in [1.29, 1.82) is 0 Å². The molecule has 1 saturated carbocycles. The third kappa shape index (κ3) is 8.96. The van der Waals surface area contributed by atoms with Gasteiger partial charge in [-0.25, -0.2) is 0 Å². The summed E-state index contributed by atoms with van der Waals surface area (Å²) in [4.78, 5) is 0. The number of hydrogen-bond donors (Lipinski definition) is 0. The molecule has 0 N–H and O–H groups in total. The molecule has 1 fully saturated rings. The number of rotatable bonds is 13. The van der Waals surface area contributed by atoms with Crippen molar-refractivity contribution in [2.45, 2.75) is 96.7 Å². The van der Waals surface area contributed by atoms with Gasteiger partial charge in [-0.2, -0.15) is 0 Å². The molecule has 1 aliphatic carbocycles. The molecular weight excluding hydrogens is 252 g/mol. The monoisotopic (exact) mass is 286 g/mol. The molecule has 0 aromatic rings. The van der Waals surface area contributed by atoms with Gasteiger partial charge in [-0.1, -0.05) is 65.7 Å². The molecular formula is C17H34OS. The zero-order chi connectivity index (χ0) is 14.0. The van der Waals surface area contributed by atoms with Gasteiger partial charge in [-0.15, -0.1) is 0 Å². The highest BCUT2D eigenvalue weighted by atomic mass is 32.2. The highest BCUT2D eigenvalue weighted by Crippen LogP contribution is 2.38. The van der Waals surface area contributed by atoms with Crippen LogP contribution in [0.25, 0.3) is 0 Å². The van der Waals surface area contributed by atoms with Crippen LogP contribution in [0.4, 0.5) is 0 Å². The van der Waals surface area contributed by atoms with Crippen LogP contribution >= 0.6 is 12.0 Å². The van der Waals surface area contributed by atoms with Gasteiger partial charge in [0.05, 0.1) is 6.61 Å². The lowest BCUT2D eigenvalue weighted by Crippen LogP contribution is -2.22. The Hall–Kier alpha value is 0.310. The summed E-state index contributed by atoms with van der Waals surface area (Å²) < 4.78 is 5.91. The molecule has 2 heteroatoms. The van der Waals surface area contributed by atoms with E-state index in [-0.39, 0.29) is 0 Å². The van der Waals surface area contributed by atoms with Gasteiger partial charge in [-0.3, -0.25) is 0 Å². The van der Waals surface area contributed by atoms with Crippen LogP contribution in [0.3, 0.4) is 0 Å². The molecule has 1 atom stereocenters. The second kappa shape index (κ2) is 10.1. The van der Waals surface area contributed by atoms with E-state index >= 15 is 0 Å². The summed E-state index contributed by atoms with van der Waals surface area (Å²) in [5, 5.41) is 0.819. The summed E-state index contributed by atoms with van der Waals surface area (Å²) in [5.41, 5.74) is 0.421. The maximum absolute atomic E-state index is 5.91. The van der Waals surface area contributed by atoms with E-state index in [0.717, 1.165) is 11.9 Å². The summed E-state index contributed by atoms with van der Waals surface area (Å²) in [6, 6.07) is 0. The average molecular weight is 287 g/mol. The van der Waals surface area contributed by atoms with Gasteiger partial charge in [0.25, 0.3) is 0 Å². The molecule has 0 saturated heterocycles. The van der Waals surface area contributed by atoms with Gasteiger partial charge in [0.15, 0.2) is 0 Å². The SMILES string of the molecule is CCCCCCCC(C)(CCCC)COSC1CC1. The Balaban J connectivity index is 2.17. The second-order valence-electron chi connectivity index (χ2n) is 6.64. The molecule has 0 aromatic heterocycles. The molecule has 0 radical (unpaired) electrons. The molecule has 1 aliphatic rings. The topological polar surface area (TPSA) is 9.23 Å². The smallest absolute Gasteiger partial charge is 0.0667 e. The molecule has 19 heavy (non-hydrogen) atoms. The lowest BCUT2D eigenvalue weighted by atomic mass is 9.81. The van der Waals surface area contributed by atoms with Crippen LogP contribution in [0, 0.1) is 5.41 Å². The van der Waals surface area contributed by atoms with Crippen molar-refractivity contribution in [3.8, 4) is 0 Å². The van der Waals surface area contributed by atoms with Crippen molar-refractivity contribution in [2.24, 2.45) is 5.41 Å². The van der Waals surface area contributed by atoms with Crippen molar-refractivity contribution in [3.05, 3.63) is 0 Å². The first-order valence-electron chi connectivity index (χ1n) is 8.48. The zero-order valence-electron chi connectivity index (χ0n) is 13.4. The van der Waals surface area contributed by atoms with Gasteiger partial charge in [-0.05, 0) is 43.1 Å². The fourth-order valence-corrected chi connectivity index (χ4v) is 3.34. The van der Waals surface area contributed by atoms with E-state index < -0.39 is 0 Å². The van der Waals surface area contributed by atoms with Gasteiger partial charge in [0.2, 0.25) is 0 Å². The van der Waals surface area contributed by atoms with Gasteiger partial charge in [0, 0.05) is 5.25 Å². The third-order valence-electron chi connectivity index (χ3n) is 4.15. The molecule has 0 aliphatic heterocycles. The van der Waals surface area contributed by atoms with Crippen molar-refractivity contribution in [3.63, 3.8) is 0 Å². The zero-order valence-corrected chi connectivity index (χ0v) is 14.2. The third-order valence-corrected chi connectivity index (χ3v) is 5.15. The molecule has 0 bridgehead atoms. The lowest BCUT2D eigenvalue weighted by Gasteiger charge is -2.29. The molecule has 0 amide bonds. The Bertz CT molecular complexity index is 215. The first-order valence-corrected chi connectivity index (χ1v) is 9.29. The van der Waals surface area contributed by atoms with Crippen molar-refractivity contribution in [2.75, 3.05) is 6.61 Å². The lowest BCUT2D eigenvalue weighted by molar-refractivity contribution is 0.151. The minimum absolute atomic E-state index is 0.421. The normalized spacial score (nSPS) is 18.5. The average Bonchev–Trinajstić information content (AvgIpc) is 3.20. The van der Waals surface area contributed by atoms with E-state index in [9.17, 15) is 0 Å². The molecule has 0 spiro atoms. The minimum atomic E-state index is 0.421. The fraction of sp³-hybridized carbons (Fsp3) is 1.00. The van der Waals surface area contributed by atoms with Crippen molar-refractivity contribution in [1.82, 2.24) is 0 Å². The summed E-state index contributed by atoms with van der Waals surface area (Å²) in [6.45, 7) is 7.98. The Morgan fingerprint density at radius 1 is 0.947 bits per heavy atom. The Kier molecular flexibility index (Phi) is 9.23. The van der Waals surface area contributed by atoms with Crippen LogP contribution < -0.4 is 0 Å². The molecule has 114 valence electrons. The van der Waals surface area contributed by atoms with Crippen LogP contribution in [0.2, 0.25) is 0 Å². The highest BCUT2D eigenvalue weighted by Gasteiger charge is 2.27. The molecule has 1 unspecified atom stereocenters. The standard InChI is InChI=1S/C17H34OS/c1-4-6-8-9-10-14-17(3,13-7-5-2)15-18-19-16-11-12-16/h16H,4-15H2,1-3H3. The Morgan fingerprint density at radius 2 is 1.58 bits per heavy atom. The van der Waals surface area contributed by atoms with E-state index in [0.29, 0.717) is 5.41 Å². The number of unbranched alkanes of at least 4 members (excludes halogenated alkanes) is 5. The molecule has 1 rings (SSSR count). The second-order valence-corrected chi connectivity index (χ2v) is 7.73. The van der Waals surface area contributed by atoms with Crippen LogP contribution in [0.1, 0.15) is 91.4 Å².